The van der Waals surface area contributed by atoms with Gasteiger partial charge in [-0.2, -0.15) is 0 Å². The van der Waals surface area contributed by atoms with Crippen molar-refractivity contribution in [1.82, 2.24) is 5.32 Å². The molecule has 0 aromatic carbocycles. The number of nitrogens with one attached hydrogen (secondary N) is 1. The number of hydrogen-bond acceptors (Lipinski definition) is 2. The predicted molar refractivity (Wildman–Crippen MR) is 58.6 cm³/mol. The topological polar surface area (TPSA) is 25.2 Å². The molecule has 1 aromatic heterocycles. The molecule has 1 heterocycles. The van der Waals surface area contributed by atoms with Crippen LogP contribution in [-0.2, 0) is 0 Å². The van der Waals surface area contributed by atoms with Gasteiger partial charge in [-0.05, 0) is 41.5 Å². The molecule has 1 N–H and O–H groups in total. The van der Waals surface area contributed by atoms with Crippen molar-refractivity contribution >= 4 is 22.0 Å². The van der Waals surface area contributed by atoms with Crippen LogP contribution in [0.5, 0.6) is 0 Å². The molecule has 0 saturated heterocycles. The van der Waals surface area contributed by atoms with Gasteiger partial charge in [-0.15, -0.1) is 0 Å². The third kappa shape index (κ3) is 3.36. The standard InChI is InChI=1S/C10H14BrNO/c1-3-12-7-8(2)6-10-9(11)4-5-13-10/h4-6,12H,3,7H2,1-2H3/b8-6+. The lowest BCUT2D eigenvalue weighted by Crippen LogP contribution is -2.14. The number of halogens is 1. The van der Waals surface area contributed by atoms with Crippen molar-refractivity contribution < 1.29 is 4.42 Å². The molecule has 2 nitrogen and oxygen atoms in total. The Bertz CT molecular complexity index is 291. The van der Waals surface area contributed by atoms with Gasteiger partial charge in [-0.1, -0.05) is 12.5 Å². The van der Waals surface area contributed by atoms with E-state index in [1.165, 1.54) is 5.57 Å². The number of furan rings is 1. The van der Waals surface area contributed by atoms with Gasteiger partial charge in [0.2, 0.25) is 0 Å². The monoisotopic (exact) mass is 243 g/mol. The molecule has 0 saturated carbocycles. The van der Waals surface area contributed by atoms with Crippen LogP contribution >= 0.6 is 15.9 Å². The highest BCUT2D eigenvalue weighted by atomic mass is 79.9. The summed E-state index contributed by atoms with van der Waals surface area (Å²) in [5.41, 5.74) is 1.26. The first-order chi connectivity index (χ1) is 6.24. The molecule has 13 heavy (non-hydrogen) atoms. The Labute approximate surface area is 87.1 Å². The van der Waals surface area contributed by atoms with E-state index in [0.717, 1.165) is 23.3 Å². The Morgan fingerprint density at radius 3 is 3.00 bits per heavy atom. The van der Waals surface area contributed by atoms with Crippen LogP contribution < -0.4 is 5.32 Å². The molecule has 0 radical (unpaired) electrons. The lowest BCUT2D eigenvalue weighted by Gasteiger charge is -2.00. The second-order valence-corrected chi connectivity index (χ2v) is 3.76. The second-order valence-electron chi connectivity index (χ2n) is 2.90. The SMILES string of the molecule is CCNC/C(C)=C/c1occc1Br. The number of hydrogen-bond donors (Lipinski definition) is 1. The van der Waals surface area contributed by atoms with Gasteiger partial charge in [0.05, 0.1) is 10.7 Å². The van der Waals surface area contributed by atoms with Crippen molar-refractivity contribution in [3.8, 4) is 0 Å². The zero-order valence-electron chi connectivity index (χ0n) is 7.93. The maximum Gasteiger partial charge on any atom is 0.140 e. The highest BCUT2D eigenvalue weighted by molar-refractivity contribution is 9.10. The van der Waals surface area contributed by atoms with Crippen LogP contribution in [0.2, 0.25) is 0 Å². The molecule has 1 aromatic rings. The molecule has 0 fully saturated rings. The van der Waals surface area contributed by atoms with Gasteiger partial charge >= 0.3 is 0 Å². The van der Waals surface area contributed by atoms with E-state index in [2.05, 4.69) is 35.1 Å². The molecule has 0 aliphatic carbocycles. The summed E-state index contributed by atoms with van der Waals surface area (Å²) in [4.78, 5) is 0. The second kappa shape index (κ2) is 5.25. The van der Waals surface area contributed by atoms with Gasteiger partial charge < -0.3 is 9.73 Å². The summed E-state index contributed by atoms with van der Waals surface area (Å²) < 4.78 is 6.27. The van der Waals surface area contributed by atoms with Gasteiger partial charge in [-0.25, -0.2) is 0 Å². The molecule has 0 unspecified atom stereocenters. The van der Waals surface area contributed by atoms with Gasteiger partial charge in [0.15, 0.2) is 0 Å². The fraction of sp³-hybridized carbons (Fsp3) is 0.400. The van der Waals surface area contributed by atoms with E-state index in [9.17, 15) is 0 Å². The number of likely N-dealkylation sites (N-methyl/N-ethyl adjacent to an activating group) is 1. The van der Waals surface area contributed by atoms with Gasteiger partial charge in [0.1, 0.15) is 5.76 Å². The minimum Gasteiger partial charge on any atom is -0.464 e. The fourth-order valence-corrected chi connectivity index (χ4v) is 1.32. The van der Waals surface area contributed by atoms with Crippen LogP contribution in [0, 0.1) is 0 Å². The van der Waals surface area contributed by atoms with E-state index < -0.39 is 0 Å². The Morgan fingerprint density at radius 1 is 1.69 bits per heavy atom. The molecular formula is C10H14BrNO. The molecule has 72 valence electrons. The first-order valence-electron chi connectivity index (χ1n) is 4.35. The first-order valence-corrected chi connectivity index (χ1v) is 5.14. The Hall–Kier alpha value is -0.540. The zero-order chi connectivity index (χ0) is 9.68. The maximum atomic E-state index is 5.26. The first kappa shape index (κ1) is 10.5. The van der Waals surface area contributed by atoms with Crippen LogP contribution in [0.15, 0.2) is 26.8 Å². The smallest absolute Gasteiger partial charge is 0.140 e. The van der Waals surface area contributed by atoms with Crippen molar-refractivity contribution in [2.75, 3.05) is 13.1 Å². The average molecular weight is 244 g/mol. The summed E-state index contributed by atoms with van der Waals surface area (Å²) in [5.74, 6) is 0.885. The maximum absolute atomic E-state index is 5.26. The van der Waals surface area contributed by atoms with Crippen molar-refractivity contribution in [2.45, 2.75) is 13.8 Å². The highest BCUT2D eigenvalue weighted by Gasteiger charge is 1.99. The third-order valence-electron chi connectivity index (χ3n) is 1.68. The van der Waals surface area contributed by atoms with Gasteiger partial charge in [-0.3, -0.25) is 0 Å². The van der Waals surface area contributed by atoms with Crippen LogP contribution in [-0.4, -0.2) is 13.1 Å². The van der Waals surface area contributed by atoms with E-state index in [1.807, 2.05) is 12.1 Å². The summed E-state index contributed by atoms with van der Waals surface area (Å²) in [6, 6.07) is 1.90. The van der Waals surface area contributed by atoms with Crippen LogP contribution in [0.1, 0.15) is 19.6 Å². The Morgan fingerprint density at radius 2 is 2.46 bits per heavy atom. The van der Waals surface area contributed by atoms with E-state index in [0.29, 0.717) is 0 Å². The molecule has 3 heteroatoms. The Balaban J connectivity index is 2.60. The normalized spacial score (nSPS) is 12.1. The van der Waals surface area contributed by atoms with Crippen molar-refractivity contribution in [3.05, 3.63) is 28.1 Å². The third-order valence-corrected chi connectivity index (χ3v) is 2.33. The van der Waals surface area contributed by atoms with Crippen molar-refractivity contribution in [2.24, 2.45) is 0 Å². The van der Waals surface area contributed by atoms with E-state index >= 15 is 0 Å². The highest BCUT2D eigenvalue weighted by Crippen LogP contribution is 2.19. The Kier molecular flexibility index (Phi) is 4.25. The summed E-state index contributed by atoms with van der Waals surface area (Å²) in [6.45, 7) is 6.07. The van der Waals surface area contributed by atoms with Gasteiger partial charge in [0, 0.05) is 6.54 Å². The zero-order valence-corrected chi connectivity index (χ0v) is 9.52. The minimum absolute atomic E-state index is 0.885. The van der Waals surface area contributed by atoms with Crippen LogP contribution in [0.25, 0.3) is 6.08 Å². The molecule has 0 aliphatic heterocycles. The van der Waals surface area contributed by atoms with Crippen molar-refractivity contribution in [3.63, 3.8) is 0 Å². The lowest BCUT2D eigenvalue weighted by atomic mass is 10.2. The quantitative estimate of drug-likeness (QED) is 0.880. The summed E-state index contributed by atoms with van der Waals surface area (Å²) >= 11 is 3.40. The van der Waals surface area contributed by atoms with Crippen LogP contribution in [0.4, 0.5) is 0 Å². The predicted octanol–water partition coefficient (Wildman–Crippen LogP) is 3.05. The summed E-state index contributed by atoms with van der Waals surface area (Å²) in [7, 11) is 0. The molecular weight excluding hydrogens is 230 g/mol. The number of rotatable bonds is 4. The van der Waals surface area contributed by atoms with E-state index in [-0.39, 0.29) is 0 Å². The average Bonchev–Trinajstić information content (AvgIpc) is 2.48. The van der Waals surface area contributed by atoms with E-state index in [1.54, 1.807) is 6.26 Å². The molecule has 0 bridgehead atoms. The summed E-state index contributed by atoms with van der Waals surface area (Å²) in [6.07, 6.45) is 3.71. The van der Waals surface area contributed by atoms with E-state index in [4.69, 9.17) is 4.42 Å². The molecule has 0 atom stereocenters. The molecule has 1 rings (SSSR count). The lowest BCUT2D eigenvalue weighted by molar-refractivity contribution is 0.554. The molecule has 0 spiro atoms. The largest absolute Gasteiger partial charge is 0.464 e. The van der Waals surface area contributed by atoms with Crippen molar-refractivity contribution in [1.29, 1.82) is 0 Å². The molecule has 0 aliphatic rings. The fourth-order valence-electron chi connectivity index (χ4n) is 1.01. The summed E-state index contributed by atoms with van der Waals surface area (Å²) in [5, 5.41) is 3.25. The minimum atomic E-state index is 0.885. The molecule has 0 amide bonds. The van der Waals surface area contributed by atoms with Crippen LogP contribution in [0.3, 0.4) is 0 Å². The van der Waals surface area contributed by atoms with Gasteiger partial charge in [0.25, 0.3) is 0 Å².